The molecule has 4 aromatic rings. The van der Waals surface area contributed by atoms with Gasteiger partial charge in [0.25, 0.3) is 0 Å². The van der Waals surface area contributed by atoms with Crippen LogP contribution in [0.15, 0.2) is 60.7 Å². The number of alkyl halides is 1. The van der Waals surface area contributed by atoms with E-state index in [9.17, 15) is 13.6 Å². The Morgan fingerprint density at radius 2 is 1.73 bits per heavy atom. The van der Waals surface area contributed by atoms with Crippen molar-refractivity contribution in [3.63, 3.8) is 0 Å². The van der Waals surface area contributed by atoms with Crippen LogP contribution in [0.2, 0.25) is 0 Å². The second kappa shape index (κ2) is 7.29. The van der Waals surface area contributed by atoms with E-state index < -0.39 is 0 Å². The summed E-state index contributed by atoms with van der Waals surface area (Å²) in [6, 6.07) is 16.3. The van der Waals surface area contributed by atoms with E-state index in [1.54, 1.807) is 36.4 Å². The number of hydrogen-bond acceptors (Lipinski definition) is 2. The molecule has 0 unspecified atom stereocenters. The van der Waals surface area contributed by atoms with Crippen molar-refractivity contribution in [2.75, 3.05) is 0 Å². The minimum absolute atomic E-state index is 0.0306. The Morgan fingerprint density at radius 1 is 0.900 bits per heavy atom. The summed E-state index contributed by atoms with van der Waals surface area (Å²) in [5, 5.41) is 0.669. The summed E-state index contributed by atoms with van der Waals surface area (Å²) in [7, 11) is 0. The Morgan fingerprint density at radius 3 is 2.53 bits per heavy atom. The maximum Gasteiger partial charge on any atom is 0.163 e. The number of rotatable bonds is 2. The lowest BCUT2D eigenvalue weighted by atomic mass is 9.93. The van der Waals surface area contributed by atoms with Crippen molar-refractivity contribution in [2.24, 2.45) is 0 Å². The molecule has 148 valence electrons. The van der Waals surface area contributed by atoms with Crippen molar-refractivity contribution in [1.29, 1.82) is 0 Å². The fraction of sp³-hybridized carbons (Fsp3) is 0.120. The number of benzene rings is 3. The Bertz CT molecular complexity index is 1330. The van der Waals surface area contributed by atoms with Crippen LogP contribution in [0, 0.1) is 11.6 Å². The van der Waals surface area contributed by atoms with E-state index in [4.69, 9.17) is 16.6 Å². The first kappa shape index (κ1) is 18.9. The number of pyridine rings is 1. The average molecular weight is 420 g/mol. The zero-order valence-corrected chi connectivity index (χ0v) is 16.6. The van der Waals surface area contributed by atoms with Crippen LogP contribution < -0.4 is 0 Å². The molecule has 0 saturated carbocycles. The van der Waals surface area contributed by atoms with Gasteiger partial charge in [0, 0.05) is 34.4 Å². The normalized spacial score (nSPS) is 13.1. The van der Waals surface area contributed by atoms with Crippen molar-refractivity contribution in [3.8, 4) is 22.4 Å². The van der Waals surface area contributed by atoms with E-state index in [0.29, 0.717) is 45.3 Å². The van der Waals surface area contributed by atoms with E-state index in [1.807, 2.05) is 6.07 Å². The first-order valence-corrected chi connectivity index (χ1v) is 10.2. The molecule has 2 nitrogen and oxygen atoms in total. The number of Topliss-reactive ketones (excluding diaryl/α,β-unsaturated/α-hetero) is 1. The Hall–Kier alpha value is -3.11. The molecule has 1 aliphatic carbocycles. The third-order valence-electron chi connectivity index (χ3n) is 5.66. The van der Waals surface area contributed by atoms with Crippen LogP contribution in [0.25, 0.3) is 33.3 Å². The van der Waals surface area contributed by atoms with Gasteiger partial charge in [-0.2, -0.15) is 0 Å². The van der Waals surface area contributed by atoms with Gasteiger partial charge in [-0.05, 0) is 53.4 Å². The molecule has 5 heteroatoms. The van der Waals surface area contributed by atoms with Gasteiger partial charge in [0.2, 0.25) is 0 Å². The standard InChI is InChI=1S/C25H16ClF2NO/c26-13-21-18-8-10-24(30)20-11-14(16-3-1-2-4-22(16)28)5-7-17(20)25(18)29-23-9-6-15(27)12-19(21)23/h1-7,9,11-12H,8,10,13H2. The highest BCUT2D eigenvalue weighted by atomic mass is 35.5. The summed E-state index contributed by atoms with van der Waals surface area (Å²) < 4.78 is 28.1. The molecule has 1 aliphatic rings. The summed E-state index contributed by atoms with van der Waals surface area (Å²) >= 11 is 6.26. The monoisotopic (exact) mass is 419 g/mol. The van der Waals surface area contributed by atoms with Gasteiger partial charge in [0.1, 0.15) is 11.6 Å². The van der Waals surface area contributed by atoms with Crippen molar-refractivity contribution >= 4 is 28.3 Å². The van der Waals surface area contributed by atoms with Crippen molar-refractivity contribution in [2.45, 2.75) is 18.7 Å². The third-order valence-corrected chi connectivity index (χ3v) is 5.93. The number of aromatic nitrogens is 1. The van der Waals surface area contributed by atoms with Gasteiger partial charge in [0.15, 0.2) is 5.78 Å². The molecular formula is C25H16ClF2NO. The zero-order chi connectivity index (χ0) is 20.8. The van der Waals surface area contributed by atoms with Crippen molar-refractivity contribution in [1.82, 2.24) is 4.98 Å². The summed E-state index contributed by atoms with van der Waals surface area (Å²) in [5.41, 5.74) is 5.29. The molecule has 0 aliphatic heterocycles. The number of carbonyl (C=O) groups is 1. The van der Waals surface area contributed by atoms with Crippen LogP contribution >= 0.6 is 11.6 Å². The fourth-order valence-electron chi connectivity index (χ4n) is 4.20. The van der Waals surface area contributed by atoms with Crippen LogP contribution in [-0.2, 0) is 12.3 Å². The predicted molar refractivity (Wildman–Crippen MR) is 115 cm³/mol. The van der Waals surface area contributed by atoms with Crippen LogP contribution in [0.4, 0.5) is 8.78 Å². The van der Waals surface area contributed by atoms with Gasteiger partial charge in [-0.3, -0.25) is 4.79 Å². The molecule has 0 fully saturated rings. The van der Waals surface area contributed by atoms with Crippen LogP contribution in [0.5, 0.6) is 0 Å². The maximum atomic E-state index is 14.3. The van der Waals surface area contributed by atoms with Gasteiger partial charge >= 0.3 is 0 Å². The van der Waals surface area contributed by atoms with E-state index >= 15 is 0 Å². The van der Waals surface area contributed by atoms with E-state index in [2.05, 4.69) is 0 Å². The number of hydrogen-bond donors (Lipinski definition) is 0. The maximum absolute atomic E-state index is 14.3. The molecule has 30 heavy (non-hydrogen) atoms. The molecule has 0 amide bonds. The predicted octanol–water partition coefficient (Wildman–Crippen LogP) is 6.71. The van der Waals surface area contributed by atoms with Crippen LogP contribution in [0.1, 0.15) is 27.9 Å². The topological polar surface area (TPSA) is 30.0 Å². The van der Waals surface area contributed by atoms with Gasteiger partial charge in [0.05, 0.1) is 11.2 Å². The van der Waals surface area contributed by atoms with Crippen LogP contribution in [0.3, 0.4) is 0 Å². The largest absolute Gasteiger partial charge is 0.294 e. The SMILES string of the molecule is O=C1CCc2c(nc3ccc(F)cc3c2CCl)-c2ccc(-c3ccccc3F)cc21. The van der Waals surface area contributed by atoms with Crippen molar-refractivity contribution in [3.05, 3.63) is 89.0 Å². The van der Waals surface area contributed by atoms with E-state index in [1.165, 1.54) is 18.2 Å². The summed E-state index contributed by atoms with van der Waals surface area (Å²) in [5.74, 6) is -0.525. The smallest absolute Gasteiger partial charge is 0.163 e. The first-order chi connectivity index (χ1) is 14.6. The molecule has 5 rings (SSSR count). The Labute approximate surface area is 177 Å². The summed E-state index contributed by atoms with van der Waals surface area (Å²) in [6.07, 6.45) is 0.756. The number of halogens is 3. The summed E-state index contributed by atoms with van der Waals surface area (Å²) in [4.78, 5) is 17.7. The molecule has 0 saturated heterocycles. The highest BCUT2D eigenvalue weighted by molar-refractivity contribution is 6.18. The minimum Gasteiger partial charge on any atom is -0.294 e. The number of fused-ring (bicyclic) bond motifs is 4. The minimum atomic E-state index is -0.352. The fourth-order valence-corrected chi connectivity index (χ4v) is 4.51. The van der Waals surface area contributed by atoms with Gasteiger partial charge in [-0.15, -0.1) is 11.6 Å². The molecule has 0 bridgehead atoms. The summed E-state index contributed by atoms with van der Waals surface area (Å²) in [6.45, 7) is 0. The molecular weight excluding hydrogens is 404 g/mol. The lowest BCUT2D eigenvalue weighted by molar-refractivity contribution is 0.0984. The average Bonchev–Trinajstić information content (AvgIpc) is 2.89. The van der Waals surface area contributed by atoms with Gasteiger partial charge in [-0.25, -0.2) is 13.8 Å². The Balaban J connectivity index is 1.78. The molecule has 1 aromatic heterocycles. The van der Waals surface area contributed by atoms with Gasteiger partial charge < -0.3 is 0 Å². The highest BCUT2D eigenvalue weighted by Gasteiger charge is 2.25. The van der Waals surface area contributed by atoms with E-state index in [-0.39, 0.29) is 29.7 Å². The van der Waals surface area contributed by atoms with E-state index in [0.717, 1.165) is 11.1 Å². The molecule has 1 heterocycles. The quantitative estimate of drug-likeness (QED) is 0.338. The molecule has 3 aromatic carbocycles. The molecule has 0 N–H and O–H groups in total. The zero-order valence-electron chi connectivity index (χ0n) is 15.9. The lowest BCUT2D eigenvalue weighted by Gasteiger charge is -2.15. The number of ketones is 1. The Kier molecular flexibility index (Phi) is 4.59. The molecule has 0 radical (unpaired) electrons. The molecule has 0 spiro atoms. The second-order valence-corrected chi connectivity index (χ2v) is 7.64. The molecule has 0 atom stereocenters. The third kappa shape index (κ3) is 2.99. The van der Waals surface area contributed by atoms with Gasteiger partial charge in [-0.1, -0.05) is 30.3 Å². The highest BCUT2D eigenvalue weighted by Crippen LogP contribution is 2.38. The van der Waals surface area contributed by atoms with Crippen molar-refractivity contribution < 1.29 is 13.6 Å². The first-order valence-electron chi connectivity index (χ1n) is 9.66. The lowest BCUT2D eigenvalue weighted by Crippen LogP contribution is -2.00. The number of carbonyl (C=O) groups excluding carboxylic acids is 1. The van der Waals surface area contributed by atoms with Crippen LogP contribution in [-0.4, -0.2) is 10.8 Å². The second-order valence-electron chi connectivity index (χ2n) is 7.38. The number of nitrogens with zero attached hydrogens (tertiary/aromatic N) is 1.